The number of carbonyl (C=O) groups excluding carboxylic acids is 2. The second kappa shape index (κ2) is 11.0. The van der Waals surface area contributed by atoms with Gasteiger partial charge in [-0.1, -0.05) is 6.58 Å². The Kier molecular flexibility index (Phi) is 7.26. The average Bonchev–Trinajstić information content (AvgIpc) is 3.60. The lowest BCUT2D eigenvalue weighted by molar-refractivity contribution is -0.201. The van der Waals surface area contributed by atoms with Crippen LogP contribution in [0.15, 0.2) is 80.2 Å². The third-order valence-electron chi connectivity index (χ3n) is 5.67. The van der Waals surface area contributed by atoms with Gasteiger partial charge in [-0.3, -0.25) is 9.48 Å². The molecule has 0 saturated heterocycles. The van der Waals surface area contributed by atoms with Crippen LogP contribution in [0.2, 0.25) is 0 Å². The van der Waals surface area contributed by atoms with Gasteiger partial charge < -0.3 is 19.9 Å². The molecule has 214 valence electrons. The highest BCUT2D eigenvalue weighted by Gasteiger charge is 2.43. The molecule has 0 unspecified atom stereocenters. The third kappa shape index (κ3) is 5.86. The highest BCUT2D eigenvalue weighted by molar-refractivity contribution is 6.01. The lowest BCUT2D eigenvalue weighted by Crippen LogP contribution is -2.38. The van der Waals surface area contributed by atoms with Crippen LogP contribution in [0.25, 0.3) is 16.8 Å². The first-order chi connectivity index (χ1) is 20.0. The summed E-state index contributed by atoms with van der Waals surface area (Å²) in [6.07, 6.45) is 5.00. The van der Waals surface area contributed by atoms with Crippen LogP contribution in [0.5, 0.6) is 0 Å². The largest absolute Gasteiger partial charge is 0.493 e. The zero-order valence-electron chi connectivity index (χ0n) is 21.5. The summed E-state index contributed by atoms with van der Waals surface area (Å²) in [7, 11) is 1.72. The zero-order chi connectivity index (χ0) is 30.0. The molecule has 0 bridgehead atoms. The molecule has 42 heavy (non-hydrogen) atoms. The number of rotatable bonds is 7. The number of nitrogens with zero attached hydrogens (tertiary/aromatic N) is 7. The average molecular weight is 581 g/mol. The summed E-state index contributed by atoms with van der Waals surface area (Å²) in [6, 6.07) is 6.29. The number of fused-ring (bicyclic) bond motifs is 1. The molecule has 4 aromatic heterocycles. The van der Waals surface area contributed by atoms with E-state index in [9.17, 15) is 22.8 Å². The maximum Gasteiger partial charge on any atom is 0.493 e. The van der Waals surface area contributed by atoms with Crippen molar-refractivity contribution in [3.05, 3.63) is 86.0 Å². The van der Waals surface area contributed by atoms with Gasteiger partial charge in [-0.15, -0.1) is 5.06 Å². The number of imidazole rings is 1. The quantitative estimate of drug-likeness (QED) is 0.160. The normalized spacial score (nSPS) is 11.3. The van der Waals surface area contributed by atoms with E-state index in [4.69, 9.17) is 0 Å². The molecule has 0 aliphatic carbocycles. The number of halogens is 4. The van der Waals surface area contributed by atoms with E-state index in [0.717, 1.165) is 18.2 Å². The van der Waals surface area contributed by atoms with Gasteiger partial charge in [0, 0.05) is 49.2 Å². The molecule has 0 aliphatic rings. The first kappa shape index (κ1) is 27.8. The van der Waals surface area contributed by atoms with Crippen molar-refractivity contribution in [3.8, 4) is 11.1 Å². The molecule has 2 N–H and O–H groups in total. The summed E-state index contributed by atoms with van der Waals surface area (Å²) in [5.41, 5.74) is 1.54. The molecule has 1 aromatic carbocycles. The molecule has 0 atom stereocenters. The van der Waals surface area contributed by atoms with E-state index in [-0.39, 0.29) is 22.5 Å². The molecule has 0 spiro atoms. The number of benzene rings is 1. The number of alkyl halides is 3. The predicted molar refractivity (Wildman–Crippen MR) is 142 cm³/mol. The maximum absolute atomic E-state index is 15.0. The van der Waals surface area contributed by atoms with E-state index < -0.39 is 29.6 Å². The van der Waals surface area contributed by atoms with Crippen LogP contribution in [0.1, 0.15) is 0 Å². The Balaban J connectivity index is 1.56. The van der Waals surface area contributed by atoms with E-state index in [0.29, 0.717) is 28.5 Å². The lowest BCUT2D eigenvalue weighted by atomic mass is 10.1. The smallest absolute Gasteiger partial charge is 0.337 e. The number of aryl methyl sites for hydroxylation is 1. The van der Waals surface area contributed by atoms with E-state index in [1.165, 1.54) is 12.4 Å². The fourth-order valence-corrected chi connectivity index (χ4v) is 3.75. The lowest BCUT2D eigenvalue weighted by Gasteiger charge is -2.21. The van der Waals surface area contributed by atoms with Gasteiger partial charge in [0.2, 0.25) is 5.95 Å². The van der Waals surface area contributed by atoms with Gasteiger partial charge in [0.25, 0.3) is 5.91 Å². The van der Waals surface area contributed by atoms with Crippen LogP contribution < -0.4 is 15.7 Å². The van der Waals surface area contributed by atoms with Crippen LogP contribution in [0, 0.1) is 5.82 Å². The molecule has 16 heteroatoms. The molecule has 0 saturated carbocycles. The first-order valence-corrected chi connectivity index (χ1v) is 11.9. The summed E-state index contributed by atoms with van der Waals surface area (Å²) in [6.45, 7) is 3.20. The predicted octanol–water partition coefficient (Wildman–Crippen LogP) is 4.69. The molecule has 12 nitrogen and oxygen atoms in total. The number of pyridine rings is 1. The van der Waals surface area contributed by atoms with Gasteiger partial charge in [0.1, 0.15) is 17.3 Å². The Morgan fingerprint density at radius 2 is 1.90 bits per heavy atom. The van der Waals surface area contributed by atoms with Crippen molar-refractivity contribution in [1.82, 2.24) is 29.1 Å². The molecule has 5 rings (SSSR count). The fraction of sp³-hybridized carbons (Fsp3) is 0.0769. The Hall–Kier alpha value is -5.80. The molecule has 5 aromatic rings. The minimum absolute atomic E-state index is 0.0523. The molecule has 4 heterocycles. The summed E-state index contributed by atoms with van der Waals surface area (Å²) in [5.74, 6) is -4.53. The summed E-state index contributed by atoms with van der Waals surface area (Å²) < 4.78 is 56.9. The van der Waals surface area contributed by atoms with Crippen molar-refractivity contribution in [2.75, 3.05) is 15.7 Å². The molecular formula is C26H19F4N9O3. The highest BCUT2D eigenvalue weighted by atomic mass is 19.4. The second-order valence-corrected chi connectivity index (χ2v) is 8.60. The Morgan fingerprint density at radius 3 is 2.62 bits per heavy atom. The molecule has 0 radical (unpaired) electrons. The summed E-state index contributed by atoms with van der Waals surface area (Å²) in [5, 5.41) is 9.90. The summed E-state index contributed by atoms with van der Waals surface area (Å²) in [4.78, 5) is 41.0. The van der Waals surface area contributed by atoms with Crippen LogP contribution in [0.4, 0.5) is 46.4 Å². The minimum atomic E-state index is -5.40. The summed E-state index contributed by atoms with van der Waals surface area (Å²) >= 11 is 0. The Morgan fingerprint density at radius 1 is 1.10 bits per heavy atom. The Labute approximate surface area is 233 Å². The van der Waals surface area contributed by atoms with Gasteiger partial charge in [0.15, 0.2) is 0 Å². The van der Waals surface area contributed by atoms with E-state index >= 15 is 4.39 Å². The molecule has 1 amide bonds. The molecular weight excluding hydrogens is 562 g/mol. The Bertz CT molecular complexity index is 1820. The number of amides is 1. The van der Waals surface area contributed by atoms with Gasteiger partial charge in [0.05, 0.1) is 23.3 Å². The van der Waals surface area contributed by atoms with Crippen LogP contribution >= 0.6 is 0 Å². The number of nitrogens with one attached hydrogen (secondary N) is 2. The number of aromatic nitrogens is 6. The zero-order valence-corrected chi connectivity index (χ0v) is 21.5. The van der Waals surface area contributed by atoms with Gasteiger partial charge >= 0.3 is 12.1 Å². The SMILES string of the molecule is C=CC(=O)N(OC(=O)C(F)(F)F)c1ccc(F)c(Nc2nc(Nc3cnn(C)c3)ncc2-c2ccc3nccn3c2)c1. The van der Waals surface area contributed by atoms with Gasteiger partial charge in [-0.2, -0.15) is 23.3 Å². The number of carbonyl (C=O) groups is 2. The van der Waals surface area contributed by atoms with Crippen LogP contribution in [-0.2, 0) is 21.5 Å². The van der Waals surface area contributed by atoms with Crippen molar-refractivity contribution in [2.45, 2.75) is 6.18 Å². The van der Waals surface area contributed by atoms with Crippen molar-refractivity contribution >= 4 is 46.4 Å². The second-order valence-electron chi connectivity index (χ2n) is 8.60. The van der Waals surface area contributed by atoms with Crippen molar-refractivity contribution in [1.29, 1.82) is 0 Å². The first-order valence-electron chi connectivity index (χ1n) is 11.9. The van der Waals surface area contributed by atoms with Crippen LogP contribution in [-0.4, -0.2) is 47.2 Å². The van der Waals surface area contributed by atoms with E-state index in [1.807, 2.05) is 0 Å². The molecule has 0 aliphatic heterocycles. The van der Waals surface area contributed by atoms with Gasteiger partial charge in [-0.05, 0) is 36.4 Å². The van der Waals surface area contributed by atoms with E-state index in [2.05, 4.69) is 42.1 Å². The minimum Gasteiger partial charge on any atom is -0.337 e. The van der Waals surface area contributed by atoms with Crippen LogP contribution in [0.3, 0.4) is 0 Å². The van der Waals surface area contributed by atoms with Gasteiger partial charge in [-0.25, -0.2) is 19.2 Å². The van der Waals surface area contributed by atoms with Crippen molar-refractivity contribution in [3.63, 3.8) is 0 Å². The fourth-order valence-electron chi connectivity index (χ4n) is 3.75. The van der Waals surface area contributed by atoms with Crippen molar-refractivity contribution < 1.29 is 32.0 Å². The number of hydroxylamine groups is 1. The monoisotopic (exact) mass is 581 g/mol. The number of hydrogen-bond donors (Lipinski definition) is 2. The number of anilines is 5. The standard InChI is InChI=1S/C26H19F4N9O3/c1-3-22(40)39(42-24(41)26(28,29)30)17-5-6-19(27)20(10-17)35-23-18(15-4-7-21-31-8-9-38(21)13-15)12-32-25(36-23)34-16-11-33-37(2)14-16/h3-14H,1H2,2H3,(H2,32,34,35,36). The topological polar surface area (TPSA) is 132 Å². The third-order valence-corrected chi connectivity index (χ3v) is 5.67. The molecule has 0 fully saturated rings. The maximum atomic E-state index is 15.0. The number of hydrogen-bond acceptors (Lipinski definition) is 9. The van der Waals surface area contributed by atoms with Crippen molar-refractivity contribution in [2.24, 2.45) is 7.05 Å². The van der Waals surface area contributed by atoms with E-state index in [1.54, 1.807) is 53.1 Å². The highest BCUT2D eigenvalue weighted by Crippen LogP contribution is 2.33.